The Bertz CT molecular complexity index is 534. The Morgan fingerprint density at radius 2 is 1.00 bits per heavy atom. The van der Waals surface area contributed by atoms with E-state index in [1.807, 2.05) is 0 Å². The van der Waals surface area contributed by atoms with Crippen LogP contribution in [0.4, 0.5) is 11.4 Å². The normalized spacial score (nSPS) is 33.5. The zero-order chi connectivity index (χ0) is 18.9. The third kappa shape index (κ3) is 5.41. The molecule has 0 aromatic heterocycles. The fourth-order valence-electron chi connectivity index (χ4n) is 6.05. The fourth-order valence-corrected chi connectivity index (χ4v) is 6.05. The van der Waals surface area contributed by atoms with Gasteiger partial charge in [-0.1, -0.05) is 41.5 Å². The zero-order valence-corrected chi connectivity index (χ0v) is 17.9. The van der Waals surface area contributed by atoms with E-state index in [1.165, 1.54) is 49.9 Å². The molecule has 0 saturated heterocycles. The summed E-state index contributed by atoms with van der Waals surface area (Å²) >= 11 is 0. The molecule has 146 valence electrons. The Morgan fingerprint density at radius 1 is 0.654 bits per heavy atom. The van der Waals surface area contributed by atoms with E-state index in [2.05, 4.69) is 76.4 Å². The molecule has 2 aliphatic rings. The smallest absolute Gasteiger partial charge is 0.0343 e. The van der Waals surface area contributed by atoms with E-state index in [0.29, 0.717) is 22.9 Å². The van der Waals surface area contributed by atoms with Gasteiger partial charge in [0.1, 0.15) is 0 Å². The second kappa shape index (κ2) is 7.44. The van der Waals surface area contributed by atoms with Crippen LogP contribution in [0.15, 0.2) is 24.3 Å². The van der Waals surface area contributed by atoms with Crippen molar-refractivity contribution in [3.63, 3.8) is 0 Å². The quantitative estimate of drug-likeness (QED) is 0.610. The number of hydrogen-bond acceptors (Lipinski definition) is 2. The van der Waals surface area contributed by atoms with Gasteiger partial charge in [0.05, 0.1) is 0 Å². The highest BCUT2D eigenvalue weighted by Crippen LogP contribution is 2.40. The predicted molar refractivity (Wildman–Crippen MR) is 115 cm³/mol. The van der Waals surface area contributed by atoms with Crippen LogP contribution in [0, 0.1) is 22.7 Å². The fraction of sp³-hybridized carbons (Fsp3) is 0.750. The zero-order valence-electron chi connectivity index (χ0n) is 17.9. The third-order valence-corrected chi connectivity index (χ3v) is 6.40. The Balaban J connectivity index is 1.57. The predicted octanol–water partition coefficient (Wildman–Crippen LogP) is 6.94. The van der Waals surface area contributed by atoms with Crippen LogP contribution in [-0.2, 0) is 0 Å². The van der Waals surface area contributed by atoms with Gasteiger partial charge in [-0.15, -0.1) is 0 Å². The molecule has 2 heteroatoms. The minimum atomic E-state index is 0.460. The Labute approximate surface area is 161 Å². The van der Waals surface area contributed by atoms with Crippen molar-refractivity contribution in [3.8, 4) is 0 Å². The van der Waals surface area contributed by atoms with Gasteiger partial charge in [-0.3, -0.25) is 0 Å². The van der Waals surface area contributed by atoms with E-state index in [-0.39, 0.29) is 0 Å². The monoisotopic (exact) mass is 356 g/mol. The molecule has 1 aromatic carbocycles. The maximum Gasteiger partial charge on any atom is 0.0343 e. The molecule has 0 radical (unpaired) electrons. The molecule has 4 unspecified atom stereocenters. The Kier molecular flexibility index (Phi) is 5.61. The summed E-state index contributed by atoms with van der Waals surface area (Å²) in [6.45, 7) is 14.5. The summed E-state index contributed by atoms with van der Waals surface area (Å²) < 4.78 is 0. The molecule has 0 aliphatic heterocycles. The molecule has 4 atom stereocenters. The molecule has 2 nitrogen and oxygen atoms in total. The summed E-state index contributed by atoms with van der Waals surface area (Å²) in [4.78, 5) is 0. The van der Waals surface area contributed by atoms with E-state index in [1.54, 1.807) is 0 Å². The van der Waals surface area contributed by atoms with E-state index < -0.39 is 0 Å². The first kappa shape index (κ1) is 19.6. The van der Waals surface area contributed by atoms with Gasteiger partial charge in [0.15, 0.2) is 0 Å². The van der Waals surface area contributed by atoms with Gasteiger partial charge in [-0.05, 0) is 85.5 Å². The van der Waals surface area contributed by atoms with Crippen LogP contribution >= 0.6 is 0 Å². The van der Waals surface area contributed by atoms with E-state index in [4.69, 9.17) is 0 Å². The molecule has 1 aromatic rings. The first-order valence-corrected chi connectivity index (χ1v) is 10.7. The summed E-state index contributed by atoms with van der Waals surface area (Å²) in [6.07, 6.45) is 7.82. The maximum absolute atomic E-state index is 3.79. The average molecular weight is 357 g/mol. The molecule has 0 bridgehead atoms. The lowest BCUT2D eigenvalue weighted by Crippen LogP contribution is -2.35. The number of rotatable bonds is 4. The van der Waals surface area contributed by atoms with Gasteiger partial charge in [0, 0.05) is 23.5 Å². The van der Waals surface area contributed by atoms with Gasteiger partial charge in [0.2, 0.25) is 0 Å². The maximum atomic E-state index is 3.79. The summed E-state index contributed by atoms with van der Waals surface area (Å²) in [5.74, 6) is 1.63. The summed E-state index contributed by atoms with van der Waals surface area (Å²) in [6, 6.07) is 10.2. The van der Waals surface area contributed by atoms with Crippen molar-refractivity contribution in [2.24, 2.45) is 22.7 Å². The minimum Gasteiger partial charge on any atom is -0.382 e. The molecule has 0 spiro atoms. The van der Waals surface area contributed by atoms with Crippen molar-refractivity contribution in [1.29, 1.82) is 0 Å². The first-order valence-electron chi connectivity index (χ1n) is 10.7. The van der Waals surface area contributed by atoms with Crippen LogP contribution in [0.25, 0.3) is 0 Å². The standard InChI is InChI=1S/C24H40N2/c1-17-11-21(15-23(3,4)13-17)25-19-7-9-20(10-8-19)26-22-12-18(2)14-24(5,6)16-22/h7-10,17-18,21-22,25-26H,11-16H2,1-6H3. The average Bonchev–Trinajstić information content (AvgIpc) is 2.45. The number of nitrogens with one attached hydrogen (secondary N) is 2. The molecular formula is C24H40N2. The molecule has 2 N–H and O–H groups in total. The van der Waals surface area contributed by atoms with Crippen LogP contribution in [0.2, 0.25) is 0 Å². The summed E-state index contributed by atoms with van der Waals surface area (Å²) in [7, 11) is 0. The van der Waals surface area contributed by atoms with Crippen molar-refractivity contribution in [2.45, 2.75) is 92.2 Å². The molecule has 0 heterocycles. The van der Waals surface area contributed by atoms with Crippen molar-refractivity contribution >= 4 is 11.4 Å². The topological polar surface area (TPSA) is 24.1 Å². The number of benzene rings is 1. The van der Waals surface area contributed by atoms with Crippen LogP contribution in [0.1, 0.15) is 80.1 Å². The van der Waals surface area contributed by atoms with Gasteiger partial charge in [-0.2, -0.15) is 0 Å². The Morgan fingerprint density at radius 3 is 1.31 bits per heavy atom. The van der Waals surface area contributed by atoms with Gasteiger partial charge in [-0.25, -0.2) is 0 Å². The molecule has 2 fully saturated rings. The van der Waals surface area contributed by atoms with Gasteiger partial charge >= 0.3 is 0 Å². The highest BCUT2D eigenvalue weighted by atomic mass is 14.9. The minimum absolute atomic E-state index is 0.460. The third-order valence-electron chi connectivity index (χ3n) is 6.40. The van der Waals surface area contributed by atoms with Crippen LogP contribution in [0.5, 0.6) is 0 Å². The lowest BCUT2D eigenvalue weighted by molar-refractivity contribution is 0.177. The van der Waals surface area contributed by atoms with E-state index in [0.717, 1.165) is 11.8 Å². The second-order valence-electron chi connectivity index (χ2n) is 11.1. The van der Waals surface area contributed by atoms with Gasteiger partial charge < -0.3 is 10.6 Å². The largest absolute Gasteiger partial charge is 0.382 e. The van der Waals surface area contributed by atoms with Crippen molar-refractivity contribution in [2.75, 3.05) is 10.6 Å². The van der Waals surface area contributed by atoms with Crippen LogP contribution in [-0.4, -0.2) is 12.1 Å². The molecule has 2 aliphatic carbocycles. The number of anilines is 2. The SMILES string of the molecule is CC1CC(Nc2ccc(NC3CC(C)CC(C)(C)C3)cc2)CC(C)(C)C1. The van der Waals surface area contributed by atoms with Crippen LogP contribution in [0.3, 0.4) is 0 Å². The van der Waals surface area contributed by atoms with Crippen LogP contribution < -0.4 is 10.6 Å². The van der Waals surface area contributed by atoms with E-state index >= 15 is 0 Å². The lowest BCUT2D eigenvalue weighted by Gasteiger charge is -2.40. The van der Waals surface area contributed by atoms with E-state index in [9.17, 15) is 0 Å². The van der Waals surface area contributed by atoms with Gasteiger partial charge in [0.25, 0.3) is 0 Å². The Hall–Kier alpha value is -1.18. The molecule has 2 saturated carbocycles. The molecule has 3 rings (SSSR count). The van der Waals surface area contributed by atoms with Crippen molar-refractivity contribution in [1.82, 2.24) is 0 Å². The lowest BCUT2D eigenvalue weighted by atomic mass is 9.70. The molecule has 0 amide bonds. The summed E-state index contributed by atoms with van der Waals surface area (Å²) in [5.41, 5.74) is 3.45. The first-order chi connectivity index (χ1) is 12.1. The molecular weight excluding hydrogens is 316 g/mol. The highest BCUT2D eigenvalue weighted by molar-refractivity contribution is 5.54. The second-order valence-corrected chi connectivity index (χ2v) is 11.1. The van der Waals surface area contributed by atoms with Crippen molar-refractivity contribution < 1.29 is 0 Å². The highest BCUT2D eigenvalue weighted by Gasteiger charge is 2.33. The summed E-state index contributed by atoms with van der Waals surface area (Å²) in [5, 5.41) is 7.58. The number of hydrogen-bond donors (Lipinski definition) is 2. The van der Waals surface area contributed by atoms with Crippen molar-refractivity contribution in [3.05, 3.63) is 24.3 Å². The molecule has 26 heavy (non-hydrogen) atoms.